The van der Waals surface area contributed by atoms with E-state index in [0.29, 0.717) is 5.92 Å². The molecular weight excluding hydrogens is 470 g/mol. The van der Waals surface area contributed by atoms with Gasteiger partial charge in [0.2, 0.25) is 0 Å². The summed E-state index contributed by atoms with van der Waals surface area (Å²) in [5.41, 5.74) is 7.65. The molecule has 0 bridgehead atoms. The minimum absolute atomic E-state index is 0.386. The van der Waals surface area contributed by atoms with E-state index in [0.717, 1.165) is 6.42 Å². The highest BCUT2D eigenvalue weighted by molar-refractivity contribution is 6.15. The fourth-order valence-corrected chi connectivity index (χ4v) is 6.65. The molecule has 1 atom stereocenters. The number of aromatic nitrogens is 1. The summed E-state index contributed by atoms with van der Waals surface area (Å²) in [6, 6.07) is 44.5. The molecule has 0 radical (unpaired) electrons. The zero-order chi connectivity index (χ0) is 25.8. The number of fused-ring (bicyclic) bond motifs is 5. The van der Waals surface area contributed by atoms with Crippen LogP contribution in [0.2, 0.25) is 0 Å². The first-order valence-electron chi connectivity index (χ1n) is 13.7. The first kappa shape index (κ1) is 22.1. The second-order valence-electron chi connectivity index (χ2n) is 10.5. The largest absolute Gasteiger partial charge is 0.309 e. The smallest absolute Gasteiger partial charge is 0.0541 e. The molecule has 0 saturated heterocycles. The molecule has 6 aromatic carbocycles. The molecule has 1 unspecified atom stereocenters. The third kappa shape index (κ3) is 3.40. The fourth-order valence-electron chi connectivity index (χ4n) is 6.65. The van der Waals surface area contributed by atoms with Gasteiger partial charge in [0, 0.05) is 22.4 Å². The Balaban J connectivity index is 1.36. The third-order valence-electron chi connectivity index (χ3n) is 8.32. The van der Waals surface area contributed by atoms with Gasteiger partial charge in [0.25, 0.3) is 0 Å². The van der Waals surface area contributed by atoms with E-state index in [1.807, 2.05) is 0 Å². The second kappa shape index (κ2) is 8.85. The van der Waals surface area contributed by atoms with Gasteiger partial charge in [-0.3, -0.25) is 0 Å². The zero-order valence-corrected chi connectivity index (χ0v) is 21.6. The summed E-state index contributed by atoms with van der Waals surface area (Å²) in [6.07, 6.45) is 10.0. The minimum atomic E-state index is 0.386. The van der Waals surface area contributed by atoms with Gasteiger partial charge in [-0.25, -0.2) is 0 Å². The first-order chi connectivity index (χ1) is 19.4. The van der Waals surface area contributed by atoms with Crippen LogP contribution in [0, 0.1) is 0 Å². The Morgan fingerprint density at radius 2 is 1.00 bits per heavy atom. The van der Waals surface area contributed by atoms with Gasteiger partial charge in [-0.05, 0) is 68.9 Å². The van der Waals surface area contributed by atoms with Crippen molar-refractivity contribution in [3.05, 3.63) is 151 Å². The minimum Gasteiger partial charge on any atom is -0.309 e. The van der Waals surface area contributed by atoms with E-state index in [1.54, 1.807) is 0 Å². The first-order valence-corrected chi connectivity index (χ1v) is 13.7. The summed E-state index contributed by atoms with van der Waals surface area (Å²) < 4.78 is 2.39. The van der Waals surface area contributed by atoms with Crippen LogP contribution in [0.15, 0.2) is 146 Å². The van der Waals surface area contributed by atoms with E-state index in [1.165, 1.54) is 65.7 Å². The van der Waals surface area contributed by atoms with Crippen LogP contribution in [0.5, 0.6) is 0 Å². The van der Waals surface area contributed by atoms with Crippen molar-refractivity contribution in [2.45, 2.75) is 12.3 Å². The maximum atomic E-state index is 2.39. The van der Waals surface area contributed by atoms with Crippen molar-refractivity contribution in [3.63, 3.8) is 0 Å². The molecule has 0 fully saturated rings. The normalized spacial score (nSPS) is 15.1. The van der Waals surface area contributed by atoms with Crippen molar-refractivity contribution in [1.82, 2.24) is 4.57 Å². The fraction of sp³-hybridized carbons (Fsp3) is 0.0526. The van der Waals surface area contributed by atoms with E-state index in [9.17, 15) is 0 Å². The molecule has 39 heavy (non-hydrogen) atoms. The Bertz CT molecular complexity index is 1980. The van der Waals surface area contributed by atoms with Crippen molar-refractivity contribution < 1.29 is 0 Å². The van der Waals surface area contributed by atoms with Crippen LogP contribution in [-0.4, -0.2) is 4.57 Å². The molecule has 1 heterocycles. The highest BCUT2D eigenvalue weighted by Gasteiger charge is 2.20. The summed E-state index contributed by atoms with van der Waals surface area (Å²) in [5.74, 6) is 0.386. The average molecular weight is 498 g/mol. The van der Waals surface area contributed by atoms with Crippen LogP contribution in [0.25, 0.3) is 60.2 Å². The van der Waals surface area contributed by atoms with E-state index in [4.69, 9.17) is 0 Å². The number of rotatable bonds is 3. The van der Waals surface area contributed by atoms with Crippen molar-refractivity contribution in [2.24, 2.45) is 0 Å². The Hall–Kier alpha value is -4.88. The number of hydrogen-bond acceptors (Lipinski definition) is 0. The third-order valence-corrected chi connectivity index (χ3v) is 8.32. The number of nitrogens with zero attached hydrogens (tertiary/aromatic N) is 1. The topological polar surface area (TPSA) is 4.93 Å². The molecule has 8 rings (SSSR count). The lowest BCUT2D eigenvalue weighted by atomic mass is 9.81. The lowest BCUT2D eigenvalue weighted by molar-refractivity contribution is 0.870. The molecule has 1 aliphatic rings. The predicted octanol–water partition coefficient (Wildman–Crippen LogP) is 10.4. The number of allylic oxidation sites excluding steroid dienone is 4. The molecule has 0 amide bonds. The maximum absolute atomic E-state index is 2.39. The SMILES string of the molecule is C1=CCC(c2c3ccccc3c(-c3ccc(-n4c5ccccc5c5ccccc54)cc3)c3ccccc23)C=C1. The Labute approximate surface area is 227 Å². The van der Waals surface area contributed by atoms with Crippen molar-refractivity contribution in [1.29, 1.82) is 0 Å². The van der Waals surface area contributed by atoms with E-state index in [-0.39, 0.29) is 0 Å². The van der Waals surface area contributed by atoms with E-state index < -0.39 is 0 Å². The van der Waals surface area contributed by atoms with Gasteiger partial charge in [-0.1, -0.05) is 121 Å². The van der Waals surface area contributed by atoms with Gasteiger partial charge in [0.05, 0.1) is 11.0 Å². The Morgan fingerprint density at radius 1 is 0.487 bits per heavy atom. The zero-order valence-electron chi connectivity index (χ0n) is 21.6. The number of benzene rings is 6. The van der Waals surface area contributed by atoms with Crippen LogP contribution in [0.1, 0.15) is 17.9 Å². The highest BCUT2D eigenvalue weighted by Crippen LogP contribution is 2.44. The quantitative estimate of drug-likeness (QED) is 0.214. The molecule has 1 heteroatoms. The molecular formula is C38H27N. The van der Waals surface area contributed by atoms with Gasteiger partial charge >= 0.3 is 0 Å². The Morgan fingerprint density at radius 3 is 1.54 bits per heavy atom. The van der Waals surface area contributed by atoms with Crippen molar-refractivity contribution in [3.8, 4) is 16.8 Å². The summed E-state index contributed by atoms with van der Waals surface area (Å²) >= 11 is 0. The lowest BCUT2D eigenvalue weighted by Gasteiger charge is -2.22. The molecule has 0 N–H and O–H groups in total. The van der Waals surface area contributed by atoms with Gasteiger partial charge in [0.1, 0.15) is 0 Å². The summed E-state index contributed by atoms with van der Waals surface area (Å²) in [6.45, 7) is 0. The summed E-state index contributed by atoms with van der Waals surface area (Å²) in [5, 5.41) is 7.91. The predicted molar refractivity (Wildman–Crippen MR) is 167 cm³/mol. The molecule has 1 nitrogen and oxygen atoms in total. The summed E-state index contributed by atoms with van der Waals surface area (Å²) in [4.78, 5) is 0. The number of para-hydroxylation sites is 2. The van der Waals surface area contributed by atoms with Gasteiger partial charge in [-0.2, -0.15) is 0 Å². The van der Waals surface area contributed by atoms with Gasteiger partial charge in [0.15, 0.2) is 0 Å². The van der Waals surface area contributed by atoms with E-state index >= 15 is 0 Å². The summed E-state index contributed by atoms with van der Waals surface area (Å²) in [7, 11) is 0. The molecule has 1 aromatic heterocycles. The van der Waals surface area contributed by atoms with Crippen LogP contribution in [0.4, 0.5) is 0 Å². The van der Waals surface area contributed by atoms with Gasteiger partial charge in [-0.15, -0.1) is 0 Å². The standard InChI is InChI=1S/C38H27N/c1-2-12-26(13-3-1)37-31-16-4-6-18-33(31)38(34-19-7-5-17-32(34)37)27-22-24-28(25-23-27)39-35-20-10-8-14-29(35)30-15-9-11-21-36(30)39/h1-12,14-26H,13H2. The lowest BCUT2D eigenvalue weighted by Crippen LogP contribution is -2.00. The molecule has 0 saturated carbocycles. The average Bonchev–Trinajstić information content (AvgIpc) is 3.35. The molecule has 0 aliphatic heterocycles. The van der Waals surface area contributed by atoms with Crippen LogP contribution in [-0.2, 0) is 0 Å². The Kier molecular flexibility index (Phi) is 5.03. The van der Waals surface area contributed by atoms with Gasteiger partial charge < -0.3 is 4.57 Å². The van der Waals surface area contributed by atoms with Crippen LogP contribution < -0.4 is 0 Å². The molecule has 7 aromatic rings. The van der Waals surface area contributed by atoms with Crippen LogP contribution >= 0.6 is 0 Å². The second-order valence-corrected chi connectivity index (χ2v) is 10.5. The van der Waals surface area contributed by atoms with Crippen molar-refractivity contribution in [2.75, 3.05) is 0 Å². The molecule has 1 aliphatic carbocycles. The number of hydrogen-bond donors (Lipinski definition) is 0. The monoisotopic (exact) mass is 497 g/mol. The maximum Gasteiger partial charge on any atom is 0.0541 e. The van der Waals surface area contributed by atoms with Crippen LogP contribution in [0.3, 0.4) is 0 Å². The highest BCUT2D eigenvalue weighted by atomic mass is 15.0. The van der Waals surface area contributed by atoms with Crippen molar-refractivity contribution >= 4 is 43.4 Å². The molecule has 0 spiro atoms. The molecule has 184 valence electrons. The van der Waals surface area contributed by atoms with E-state index in [2.05, 4.69) is 150 Å².